The van der Waals surface area contributed by atoms with Crippen LogP contribution in [0.3, 0.4) is 0 Å². The molecule has 8 rings (SSSR count). The Morgan fingerprint density at radius 2 is 1.31 bits per heavy atom. The molecule has 3 heterocycles. The SMILES string of the molecule is CC(C)(C)OC(=O)Nc1nc(/C(=N/OC(c2ccccc2)(c2ccccc2)c2ccccc2)C(=O)N[C@@H]2C(=O)N3C(C(=O)OC(c4ccccc4)c4ccccc4)=C(/C=C/OS(=O)(=O)C(F)(F)F)CS[C@H]23)c(Cl)s1. The van der Waals surface area contributed by atoms with E-state index in [-0.39, 0.29) is 32.7 Å². The minimum absolute atomic E-state index is 0.0841. The number of hydrogen-bond acceptors (Lipinski definition) is 14. The van der Waals surface area contributed by atoms with Gasteiger partial charge < -0.3 is 23.8 Å². The summed E-state index contributed by atoms with van der Waals surface area (Å²) in [5.74, 6) is -3.26. The maximum absolute atomic E-state index is 14.9. The largest absolute Gasteiger partial charge is 0.534 e. The van der Waals surface area contributed by atoms with E-state index in [0.717, 1.165) is 34.1 Å². The highest BCUT2D eigenvalue weighted by Crippen LogP contribution is 2.44. The number of amides is 3. The molecule has 2 N–H and O–H groups in total. The summed E-state index contributed by atoms with van der Waals surface area (Å²) in [6.45, 7) is 4.99. The van der Waals surface area contributed by atoms with Gasteiger partial charge in [0.25, 0.3) is 11.8 Å². The lowest BCUT2D eigenvalue weighted by Crippen LogP contribution is -2.71. The normalized spacial score (nSPS) is 16.3. The number of β-lactam (4-membered cyclic amide) rings is 1. The Hall–Kier alpha value is -7.46. The van der Waals surface area contributed by atoms with Crippen molar-refractivity contribution in [3.8, 4) is 0 Å². The first-order valence-corrected chi connectivity index (χ1v) is 26.0. The highest BCUT2D eigenvalue weighted by atomic mass is 35.5. The molecule has 0 unspecified atom stereocenters. The summed E-state index contributed by atoms with van der Waals surface area (Å²) in [6, 6.07) is 43.0. The minimum atomic E-state index is -6.10. The fourth-order valence-corrected chi connectivity index (χ4v) is 10.5. The standard InChI is InChI=1S/C52H43ClF3N5O10S3/c1-50(2,3)70-49(65)59-48-58-38(43(53)73-48)39(60-71-51(35-23-13-6-14-24-35,36-25-15-7-16-26-36)37-27-17-8-18-28-37)44(62)57-40-45(63)61-41(34(31-72-46(40)61)29-30-68-74(66,67)52(54,55)56)47(64)69-42(32-19-9-4-10-20-32)33-21-11-5-12-22-33/h4-30,40,42,46H,31H2,1-3H3,(H,57,62)(H,58,59,65)/b30-29+,60-39-/t40-,46-/m1/s1. The highest BCUT2D eigenvalue weighted by Gasteiger charge is 2.55. The van der Waals surface area contributed by atoms with Crippen LogP contribution in [0.5, 0.6) is 0 Å². The lowest BCUT2D eigenvalue weighted by atomic mass is 9.80. The van der Waals surface area contributed by atoms with Crippen LogP contribution in [0.1, 0.15) is 60.4 Å². The van der Waals surface area contributed by atoms with Crippen molar-refractivity contribution in [2.24, 2.45) is 5.16 Å². The monoisotopic (exact) mass is 1090 g/mol. The predicted octanol–water partition coefficient (Wildman–Crippen LogP) is 10.2. The third kappa shape index (κ3) is 11.5. The second kappa shape index (κ2) is 21.9. The molecular formula is C52H43ClF3N5O10S3. The summed E-state index contributed by atoms with van der Waals surface area (Å²) < 4.78 is 78.9. The van der Waals surface area contributed by atoms with Crippen molar-refractivity contribution in [2.75, 3.05) is 11.1 Å². The number of nitrogens with zero attached hydrogens (tertiary/aromatic N) is 3. The van der Waals surface area contributed by atoms with Gasteiger partial charge in [-0.05, 0) is 43.5 Å². The van der Waals surface area contributed by atoms with Crippen molar-refractivity contribution in [3.05, 3.63) is 213 Å². The molecular weight excluding hydrogens is 1040 g/mol. The van der Waals surface area contributed by atoms with E-state index in [0.29, 0.717) is 27.8 Å². The number of alkyl halides is 3. The minimum Gasteiger partial charge on any atom is -0.448 e. The Bertz CT molecular complexity index is 3100. The van der Waals surface area contributed by atoms with E-state index < -0.39 is 79.6 Å². The van der Waals surface area contributed by atoms with Gasteiger partial charge in [-0.3, -0.25) is 19.8 Å². The molecule has 6 aromatic rings. The third-order valence-electron chi connectivity index (χ3n) is 11.1. The van der Waals surface area contributed by atoms with Gasteiger partial charge in [0.15, 0.2) is 16.9 Å². The first-order valence-electron chi connectivity index (χ1n) is 22.3. The zero-order chi connectivity index (χ0) is 52.8. The summed E-state index contributed by atoms with van der Waals surface area (Å²) in [7, 11) is -6.10. The second-order valence-electron chi connectivity index (χ2n) is 17.2. The number of hydrogen-bond donors (Lipinski definition) is 2. The summed E-state index contributed by atoms with van der Waals surface area (Å²) >= 11 is 8.58. The van der Waals surface area contributed by atoms with Crippen LogP contribution in [0, 0.1) is 0 Å². The zero-order valence-electron chi connectivity index (χ0n) is 39.2. The van der Waals surface area contributed by atoms with Crippen molar-refractivity contribution in [2.45, 2.75) is 55.0 Å². The van der Waals surface area contributed by atoms with Crippen molar-refractivity contribution >= 4 is 79.5 Å². The van der Waals surface area contributed by atoms with Crippen LogP contribution in [0.15, 0.2) is 180 Å². The quantitative estimate of drug-likeness (QED) is 0.0136. The summed E-state index contributed by atoms with van der Waals surface area (Å²) in [5, 5.41) is 8.57. The molecule has 2 aliphatic rings. The molecule has 0 aliphatic carbocycles. The van der Waals surface area contributed by atoms with Crippen molar-refractivity contribution in [1.82, 2.24) is 15.2 Å². The number of thiazole rings is 1. The molecule has 1 saturated heterocycles. The number of thioether (sulfide) groups is 1. The van der Waals surface area contributed by atoms with E-state index in [1.807, 2.05) is 54.6 Å². The number of allylic oxidation sites excluding steroid dienone is 1. The maximum atomic E-state index is 14.9. The van der Waals surface area contributed by atoms with E-state index in [1.54, 1.807) is 118 Å². The van der Waals surface area contributed by atoms with E-state index >= 15 is 0 Å². The Balaban J connectivity index is 1.18. The number of carbonyl (C=O) groups is 4. The van der Waals surface area contributed by atoms with Gasteiger partial charge in [-0.1, -0.05) is 180 Å². The molecule has 22 heteroatoms. The molecule has 0 saturated carbocycles. The fraction of sp³-hybridized carbons (Fsp3) is 0.192. The molecule has 74 heavy (non-hydrogen) atoms. The number of nitrogens with one attached hydrogen (secondary N) is 2. The van der Waals surface area contributed by atoms with Gasteiger partial charge in [-0.15, -0.1) is 11.8 Å². The number of halogens is 4. The number of fused-ring (bicyclic) bond motifs is 1. The molecule has 0 radical (unpaired) electrons. The smallest absolute Gasteiger partial charge is 0.448 e. The number of benzene rings is 5. The average Bonchev–Trinajstić information content (AvgIpc) is 3.74. The molecule has 0 spiro atoms. The van der Waals surface area contributed by atoms with Gasteiger partial charge in [0.2, 0.25) is 5.60 Å². The van der Waals surface area contributed by atoms with Crippen LogP contribution in [0.25, 0.3) is 0 Å². The van der Waals surface area contributed by atoms with Crippen molar-refractivity contribution < 1.29 is 59.3 Å². The molecule has 5 aromatic carbocycles. The number of esters is 1. The summed E-state index contributed by atoms with van der Waals surface area (Å²) in [6.07, 6.45) is -0.872. The van der Waals surface area contributed by atoms with Crippen molar-refractivity contribution in [3.63, 3.8) is 0 Å². The zero-order valence-corrected chi connectivity index (χ0v) is 42.4. The van der Waals surface area contributed by atoms with E-state index in [4.69, 9.17) is 25.9 Å². The number of anilines is 1. The van der Waals surface area contributed by atoms with Gasteiger partial charge in [-0.2, -0.15) is 21.6 Å². The number of carbonyl (C=O) groups excluding carboxylic acids is 4. The lowest BCUT2D eigenvalue weighted by molar-refractivity contribution is -0.154. The Labute approximate surface area is 436 Å². The Morgan fingerprint density at radius 1 is 0.811 bits per heavy atom. The summed E-state index contributed by atoms with van der Waals surface area (Å²) in [4.78, 5) is 69.0. The maximum Gasteiger partial charge on any atom is 0.534 e. The molecule has 3 amide bonds. The molecule has 2 atom stereocenters. The molecule has 382 valence electrons. The molecule has 2 aliphatic heterocycles. The van der Waals surface area contributed by atoms with E-state index in [1.165, 1.54) is 0 Å². The average molecular weight is 1090 g/mol. The van der Waals surface area contributed by atoms with Crippen LogP contribution >= 0.6 is 34.7 Å². The lowest BCUT2D eigenvalue weighted by Gasteiger charge is -2.49. The second-order valence-corrected chi connectivity index (χ2v) is 21.5. The van der Waals surface area contributed by atoms with Crippen LogP contribution in [-0.2, 0) is 48.6 Å². The number of ether oxygens (including phenoxy) is 2. The number of rotatable bonds is 16. The predicted molar refractivity (Wildman–Crippen MR) is 272 cm³/mol. The van der Waals surface area contributed by atoms with Crippen molar-refractivity contribution in [1.29, 1.82) is 0 Å². The first-order chi connectivity index (χ1) is 35.3. The van der Waals surface area contributed by atoms with Gasteiger partial charge >= 0.3 is 27.7 Å². The van der Waals surface area contributed by atoms with Gasteiger partial charge in [0.05, 0.1) is 0 Å². The third-order valence-corrected chi connectivity index (χ3v) is 14.5. The van der Waals surface area contributed by atoms with E-state index in [2.05, 4.69) is 25.0 Å². The molecule has 15 nitrogen and oxygen atoms in total. The van der Waals surface area contributed by atoms with Crippen LogP contribution in [0.2, 0.25) is 4.34 Å². The fourth-order valence-electron chi connectivity index (χ4n) is 7.83. The summed E-state index contributed by atoms with van der Waals surface area (Å²) in [5.41, 5.74) is -6.75. The van der Waals surface area contributed by atoms with Crippen LogP contribution < -0.4 is 10.6 Å². The highest BCUT2D eigenvalue weighted by molar-refractivity contribution is 8.00. The Morgan fingerprint density at radius 3 is 1.80 bits per heavy atom. The topological polar surface area (TPSA) is 192 Å². The van der Waals surface area contributed by atoms with Crippen LogP contribution in [0.4, 0.5) is 23.1 Å². The number of aromatic nitrogens is 1. The molecule has 1 aromatic heterocycles. The van der Waals surface area contributed by atoms with Gasteiger partial charge in [0, 0.05) is 22.4 Å². The molecule has 0 bridgehead atoms. The first kappa shape index (κ1) is 52.9. The molecule has 1 fully saturated rings. The Kier molecular flexibility index (Phi) is 15.7. The van der Waals surface area contributed by atoms with Gasteiger partial charge in [-0.25, -0.2) is 14.6 Å². The van der Waals surface area contributed by atoms with E-state index in [9.17, 15) is 40.8 Å². The van der Waals surface area contributed by atoms with Gasteiger partial charge in [0.1, 0.15) is 39.0 Å². The van der Waals surface area contributed by atoms with Crippen LogP contribution in [-0.4, -0.2) is 76.2 Å². The number of oxime groups is 1.